The number of sulfonamides is 1. The SMILES string of the molecule is Cc1ccc(S(=O)(=O)N(CC(=O)NCc2ccccc2CN2CCCC2=O)c2cc(C)ccc2C)cc1. The first-order valence-electron chi connectivity index (χ1n) is 12.4. The molecule has 0 unspecified atom stereocenters. The summed E-state index contributed by atoms with van der Waals surface area (Å²) < 4.78 is 28.6. The predicted molar refractivity (Wildman–Crippen MR) is 145 cm³/mol. The van der Waals surface area contributed by atoms with Gasteiger partial charge in [0.15, 0.2) is 0 Å². The van der Waals surface area contributed by atoms with Gasteiger partial charge in [-0.2, -0.15) is 0 Å². The van der Waals surface area contributed by atoms with Crippen LogP contribution in [-0.4, -0.2) is 38.2 Å². The molecule has 0 atom stereocenters. The van der Waals surface area contributed by atoms with Crippen LogP contribution in [0.15, 0.2) is 71.6 Å². The minimum absolute atomic E-state index is 0.132. The Labute approximate surface area is 219 Å². The average Bonchev–Trinajstić information content (AvgIpc) is 3.28. The highest BCUT2D eigenvalue weighted by Gasteiger charge is 2.28. The maximum Gasteiger partial charge on any atom is 0.264 e. The number of aryl methyl sites for hydroxylation is 3. The molecule has 0 spiro atoms. The number of likely N-dealkylation sites (tertiary alicyclic amines) is 1. The van der Waals surface area contributed by atoms with Gasteiger partial charge in [-0.25, -0.2) is 8.42 Å². The van der Waals surface area contributed by atoms with Crippen molar-refractivity contribution in [2.45, 2.75) is 51.6 Å². The molecule has 3 aromatic rings. The molecule has 3 aromatic carbocycles. The number of anilines is 1. The Hall–Kier alpha value is -3.65. The van der Waals surface area contributed by atoms with Gasteiger partial charge in [0.1, 0.15) is 6.54 Å². The summed E-state index contributed by atoms with van der Waals surface area (Å²) in [5, 5.41) is 2.89. The summed E-state index contributed by atoms with van der Waals surface area (Å²) in [6.45, 7) is 6.74. The molecule has 0 radical (unpaired) electrons. The van der Waals surface area contributed by atoms with Gasteiger partial charge in [-0.15, -0.1) is 0 Å². The van der Waals surface area contributed by atoms with E-state index in [4.69, 9.17) is 0 Å². The number of benzene rings is 3. The van der Waals surface area contributed by atoms with E-state index < -0.39 is 15.9 Å². The van der Waals surface area contributed by atoms with Crippen LogP contribution < -0.4 is 9.62 Å². The van der Waals surface area contributed by atoms with Crippen LogP contribution in [0.1, 0.15) is 40.7 Å². The summed E-state index contributed by atoms with van der Waals surface area (Å²) in [6, 6.07) is 19.9. The van der Waals surface area contributed by atoms with Crippen LogP contribution >= 0.6 is 0 Å². The summed E-state index contributed by atoms with van der Waals surface area (Å²) >= 11 is 0. The summed E-state index contributed by atoms with van der Waals surface area (Å²) in [5.74, 6) is -0.270. The highest BCUT2D eigenvalue weighted by molar-refractivity contribution is 7.92. The molecule has 37 heavy (non-hydrogen) atoms. The zero-order valence-corrected chi connectivity index (χ0v) is 22.3. The second-order valence-corrected chi connectivity index (χ2v) is 11.4. The summed E-state index contributed by atoms with van der Waals surface area (Å²) in [7, 11) is -3.99. The van der Waals surface area contributed by atoms with Gasteiger partial charge in [0.2, 0.25) is 11.8 Å². The lowest BCUT2D eigenvalue weighted by molar-refractivity contribution is -0.128. The number of nitrogens with one attached hydrogen (secondary N) is 1. The van der Waals surface area contributed by atoms with Gasteiger partial charge in [-0.05, 0) is 67.6 Å². The fourth-order valence-corrected chi connectivity index (χ4v) is 5.94. The van der Waals surface area contributed by atoms with Crippen molar-refractivity contribution in [1.29, 1.82) is 0 Å². The van der Waals surface area contributed by atoms with Crippen molar-refractivity contribution in [2.24, 2.45) is 0 Å². The third-order valence-electron chi connectivity index (χ3n) is 6.66. The lowest BCUT2D eigenvalue weighted by Crippen LogP contribution is -2.41. The molecule has 7 nitrogen and oxygen atoms in total. The molecular weight excluding hydrogens is 486 g/mol. The van der Waals surface area contributed by atoms with E-state index in [0.717, 1.165) is 40.8 Å². The molecule has 8 heteroatoms. The average molecular weight is 520 g/mol. The number of hydrogen-bond donors (Lipinski definition) is 1. The van der Waals surface area contributed by atoms with E-state index in [2.05, 4.69) is 5.32 Å². The molecule has 0 saturated carbocycles. The Morgan fingerprint density at radius 2 is 1.62 bits per heavy atom. The molecule has 1 saturated heterocycles. The van der Waals surface area contributed by atoms with Crippen LogP contribution in [0.5, 0.6) is 0 Å². The standard InChI is InChI=1S/C29H33N3O4S/c1-21-11-14-26(15-12-21)37(35,36)32(27-17-22(2)10-13-23(27)3)20-28(33)30-18-24-7-4-5-8-25(24)19-31-16-6-9-29(31)34/h4-5,7-8,10-15,17H,6,9,16,18-20H2,1-3H3,(H,30,33). The van der Waals surface area contributed by atoms with Gasteiger partial charge >= 0.3 is 0 Å². The second-order valence-electron chi connectivity index (χ2n) is 9.58. The van der Waals surface area contributed by atoms with Gasteiger partial charge in [-0.1, -0.05) is 54.1 Å². The molecule has 2 amide bonds. The topological polar surface area (TPSA) is 86.8 Å². The monoisotopic (exact) mass is 519 g/mol. The van der Waals surface area contributed by atoms with E-state index in [1.165, 1.54) is 4.31 Å². The van der Waals surface area contributed by atoms with E-state index in [9.17, 15) is 18.0 Å². The zero-order chi connectivity index (χ0) is 26.6. The van der Waals surface area contributed by atoms with Crippen molar-refractivity contribution >= 4 is 27.5 Å². The van der Waals surface area contributed by atoms with Crippen LogP contribution in [-0.2, 0) is 32.7 Å². The van der Waals surface area contributed by atoms with E-state index in [-0.39, 0.29) is 23.9 Å². The first kappa shape index (κ1) is 26.4. The maximum absolute atomic E-state index is 13.7. The molecule has 1 N–H and O–H groups in total. The van der Waals surface area contributed by atoms with Crippen LogP contribution in [0.2, 0.25) is 0 Å². The number of hydrogen-bond acceptors (Lipinski definition) is 4. The quantitative estimate of drug-likeness (QED) is 0.458. The number of carbonyl (C=O) groups excluding carboxylic acids is 2. The highest BCUT2D eigenvalue weighted by Crippen LogP contribution is 2.28. The van der Waals surface area contributed by atoms with Crippen LogP contribution in [0.25, 0.3) is 0 Å². The normalized spacial score (nSPS) is 13.6. The number of carbonyl (C=O) groups is 2. The van der Waals surface area contributed by atoms with Crippen molar-refractivity contribution in [1.82, 2.24) is 10.2 Å². The predicted octanol–water partition coefficient (Wildman–Crippen LogP) is 4.25. The van der Waals surface area contributed by atoms with Crippen molar-refractivity contribution in [3.05, 3.63) is 94.5 Å². The molecule has 0 aromatic heterocycles. The Balaban J connectivity index is 1.55. The first-order chi connectivity index (χ1) is 17.6. The molecule has 1 aliphatic heterocycles. The van der Waals surface area contributed by atoms with Gasteiger partial charge in [0, 0.05) is 26.1 Å². The lowest BCUT2D eigenvalue weighted by atomic mass is 10.1. The van der Waals surface area contributed by atoms with Crippen molar-refractivity contribution < 1.29 is 18.0 Å². The Morgan fingerprint density at radius 1 is 0.946 bits per heavy atom. The molecular formula is C29H33N3O4S. The third-order valence-corrected chi connectivity index (χ3v) is 8.43. The molecule has 1 heterocycles. The third kappa shape index (κ3) is 6.20. The highest BCUT2D eigenvalue weighted by atomic mass is 32.2. The van der Waals surface area contributed by atoms with Crippen molar-refractivity contribution in [3.63, 3.8) is 0 Å². The van der Waals surface area contributed by atoms with Crippen LogP contribution in [0.3, 0.4) is 0 Å². The van der Waals surface area contributed by atoms with Crippen LogP contribution in [0, 0.1) is 20.8 Å². The van der Waals surface area contributed by atoms with E-state index >= 15 is 0 Å². The smallest absolute Gasteiger partial charge is 0.264 e. The molecule has 1 fully saturated rings. The molecule has 0 aliphatic carbocycles. The molecule has 4 rings (SSSR count). The second kappa shape index (κ2) is 11.2. The lowest BCUT2D eigenvalue weighted by Gasteiger charge is -2.26. The number of rotatable bonds is 9. The van der Waals surface area contributed by atoms with Gasteiger partial charge in [-0.3, -0.25) is 13.9 Å². The largest absolute Gasteiger partial charge is 0.350 e. The van der Waals surface area contributed by atoms with E-state index in [1.54, 1.807) is 30.3 Å². The Morgan fingerprint density at radius 3 is 2.30 bits per heavy atom. The number of amides is 2. The van der Waals surface area contributed by atoms with E-state index in [1.807, 2.05) is 62.1 Å². The number of nitrogens with zero attached hydrogens (tertiary/aromatic N) is 2. The van der Waals surface area contributed by atoms with Crippen molar-refractivity contribution in [3.8, 4) is 0 Å². The Bertz CT molecular complexity index is 1400. The van der Waals surface area contributed by atoms with Crippen LogP contribution in [0.4, 0.5) is 5.69 Å². The summed E-state index contributed by atoms with van der Waals surface area (Å²) in [6.07, 6.45) is 1.43. The fourth-order valence-electron chi connectivity index (χ4n) is 4.47. The Kier molecular flexibility index (Phi) is 7.97. The van der Waals surface area contributed by atoms with Gasteiger partial charge in [0.25, 0.3) is 10.0 Å². The molecule has 1 aliphatic rings. The minimum Gasteiger partial charge on any atom is -0.350 e. The molecule has 194 valence electrons. The van der Waals surface area contributed by atoms with Gasteiger partial charge < -0.3 is 10.2 Å². The van der Waals surface area contributed by atoms with Gasteiger partial charge in [0.05, 0.1) is 10.6 Å². The fraction of sp³-hybridized carbons (Fsp3) is 0.310. The minimum atomic E-state index is -3.99. The zero-order valence-electron chi connectivity index (χ0n) is 21.5. The molecule has 0 bridgehead atoms. The van der Waals surface area contributed by atoms with E-state index in [0.29, 0.717) is 18.7 Å². The van der Waals surface area contributed by atoms with Crippen molar-refractivity contribution in [2.75, 3.05) is 17.4 Å². The first-order valence-corrected chi connectivity index (χ1v) is 13.9. The maximum atomic E-state index is 13.7. The summed E-state index contributed by atoms with van der Waals surface area (Å²) in [5.41, 5.74) is 4.95. The summed E-state index contributed by atoms with van der Waals surface area (Å²) in [4.78, 5) is 27.2.